The molecule has 0 aromatic heterocycles. The highest BCUT2D eigenvalue weighted by molar-refractivity contribution is 5.92. The third-order valence-corrected chi connectivity index (χ3v) is 3.78. The van der Waals surface area contributed by atoms with E-state index in [4.69, 9.17) is 9.47 Å². The van der Waals surface area contributed by atoms with Crippen LogP contribution in [-0.4, -0.2) is 55.2 Å². The largest absolute Gasteiger partial charge is 0.449 e. The molecule has 2 rings (SSSR count). The fourth-order valence-corrected chi connectivity index (χ4v) is 2.45. The summed E-state index contributed by atoms with van der Waals surface area (Å²) < 4.78 is 10.5. The highest BCUT2D eigenvalue weighted by atomic mass is 16.5. The third-order valence-electron chi connectivity index (χ3n) is 3.78. The fraction of sp³-hybridized carbons (Fsp3) is 0.556. The molecule has 1 aliphatic rings. The number of morpholine rings is 1. The summed E-state index contributed by atoms with van der Waals surface area (Å²) in [6.07, 6.45) is -0.812. The Hall–Kier alpha value is -1.92. The third kappa shape index (κ3) is 5.62. The Balaban J connectivity index is 1.87. The lowest BCUT2D eigenvalue weighted by Gasteiger charge is -2.26. The maximum Gasteiger partial charge on any atom is 0.338 e. The second-order valence-corrected chi connectivity index (χ2v) is 6.30. The van der Waals surface area contributed by atoms with Crippen LogP contribution in [0.25, 0.3) is 0 Å². The summed E-state index contributed by atoms with van der Waals surface area (Å²) in [6, 6.07) is 7.34. The molecule has 1 N–H and O–H groups in total. The van der Waals surface area contributed by atoms with Gasteiger partial charge in [0, 0.05) is 25.7 Å². The van der Waals surface area contributed by atoms with E-state index >= 15 is 0 Å². The van der Waals surface area contributed by atoms with Gasteiger partial charge >= 0.3 is 5.97 Å². The molecule has 1 aromatic carbocycles. The van der Waals surface area contributed by atoms with Crippen molar-refractivity contribution < 1.29 is 19.1 Å². The predicted molar refractivity (Wildman–Crippen MR) is 90.7 cm³/mol. The van der Waals surface area contributed by atoms with Crippen molar-refractivity contribution in [2.24, 2.45) is 0 Å². The van der Waals surface area contributed by atoms with Gasteiger partial charge in [-0.1, -0.05) is 12.1 Å². The van der Waals surface area contributed by atoms with Gasteiger partial charge in [-0.05, 0) is 38.5 Å². The molecule has 1 fully saturated rings. The van der Waals surface area contributed by atoms with Gasteiger partial charge in [-0.25, -0.2) is 4.79 Å². The maximum absolute atomic E-state index is 12.1. The molecule has 0 aliphatic carbocycles. The first kappa shape index (κ1) is 18.4. The molecule has 6 heteroatoms. The Morgan fingerprint density at radius 2 is 1.79 bits per heavy atom. The number of hydrogen-bond donors (Lipinski definition) is 1. The molecule has 6 nitrogen and oxygen atoms in total. The number of ether oxygens (including phenoxy) is 2. The number of rotatable bonds is 6. The topological polar surface area (TPSA) is 67.9 Å². The molecule has 24 heavy (non-hydrogen) atoms. The van der Waals surface area contributed by atoms with E-state index in [1.807, 2.05) is 26.0 Å². The summed E-state index contributed by atoms with van der Waals surface area (Å²) in [4.78, 5) is 26.2. The number of benzene rings is 1. The van der Waals surface area contributed by atoms with Crippen LogP contribution in [0.15, 0.2) is 24.3 Å². The average molecular weight is 334 g/mol. The van der Waals surface area contributed by atoms with E-state index in [-0.39, 0.29) is 11.9 Å². The molecule has 1 aromatic rings. The van der Waals surface area contributed by atoms with E-state index in [0.717, 1.165) is 38.4 Å². The first-order valence-corrected chi connectivity index (χ1v) is 8.36. The minimum absolute atomic E-state index is 0.0122. The van der Waals surface area contributed by atoms with Crippen LogP contribution < -0.4 is 5.32 Å². The van der Waals surface area contributed by atoms with E-state index in [9.17, 15) is 9.59 Å². The summed E-state index contributed by atoms with van der Waals surface area (Å²) in [5, 5.41) is 2.72. The number of amides is 1. The van der Waals surface area contributed by atoms with Crippen LogP contribution in [-0.2, 0) is 20.8 Å². The molecule has 0 radical (unpaired) electrons. The minimum atomic E-state index is -0.812. The van der Waals surface area contributed by atoms with Gasteiger partial charge in [-0.2, -0.15) is 0 Å². The molecule has 0 saturated carbocycles. The van der Waals surface area contributed by atoms with Crippen LogP contribution in [0.3, 0.4) is 0 Å². The van der Waals surface area contributed by atoms with Gasteiger partial charge in [0.2, 0.25) is 0 Å². The Kier molecular flexibility index (Phi) is 6.75. The Labute approximate surface area is 143 Å². The normalized spacial score (nSPS) is 16.7. The first-order chi connectivity index (χ1) is 11.5. The SMILES string of the molecule is CC(C)NC(=O)[C@@H](C)OC(=O)c1ccc(CN2CCOCC2)cc1. The lowest BCUT2D eigenvalue weighted by atomic mass is 10.1. The smallest absolute Gasteiger partial charge is 0.338 e. The molecule has 1 aliphatic heterocycles. The predicted octanol–water partition coefficient (Wildman–Crippen LogP) is 1.59. The van der Waals surface area contributed by atoms with Gasteiger partial charge in [-0.15, -0.1) is 0 Å². The van der Waals surface area contributed by atoms with Gasteiger partial charge in [0.25, 0.3) is 5.91 Å². The minimum Gasteiger partial charge on any atom is -0.449 e. The van der Waals surface area contributed by atoms with E-state index in [1.54, 1.807) is 19.1 Å². The van der Waals surface area contributed by atoms with E-state index in [0.29, 0.717) is 5.56 Å². The van der Waals surface area contributed by atoms with Crippen molar-refractivity contribution >= 4 is 11.9 Å². The van der Waals surface area contributed by atoms with Crippen LogP contribution >= 0.6 is 0 Å². The van der Waals surface area contributed by atoms with Crippen molar-refractivity contribution in [3.63, 3.8) is 0 Å². The lowest BCUT2D eigenvalue weighted by Crippen LogP contribution is -2.39. The van der Waals surface area contributed by atoms with E-state index in [2.05, 4.69) is 10.2 Å². The van der Waals surface area contributed by atoms with Gasteiger partial charge in [-0.3, -0.25) is 9.69 Å². The number of hydrogen-bond acceptors (Lipinski definition) is 5. The molecular formula is C18H26N2O4. The van der Waals surface area contributed by atoms with Crippen molar-refractivity contribution in [1.29, 1.82) is 0 Å². The molecule has 0 unspecified atom stereocenters. The van der Waals surface area contributed by atoms with Crippen molar-refractivity contribution in [3.05, 3.63) is 35.4 Å². The standard InChI is InChI=1S/C18H26N2O4/c1-13(2)19-17(21)14(3)24-18(22)16-6-4-15(5-7-16)12-20-8-10-23-11-9-20/h4-7,13-14H,8-12H2,1-3H3,(H,19,21)/t14-/m1/s1. The average Bonchev–Trinajstić information content (AvgIpc) is 2.55. The number of esters is 1. The van der Waals surface area contributed by atoms with Gasteiger partial charge in [0.05, 0.1) is 18.8 Å². The Morgan fingerprint density at radius 1 is 1.17 bits per heavy atom. The molecule has 0 bridgehead atoms. The second kappa shape index (κ2) is 8.80. The summed E-state index contributed by atoms with van der Waals surface area (Å²) in [5.41, 5.74) is 1.59. The Bertz CT molecular complexity index is 551. The summed E-state index contributed by atoms with van der Waals surface area (Å²) in [5.74, 6) is -0.776. The second-order valence-electron chi connectivity index (χ2n) is 6.30. The molecule has 1 heterocycles. The molecule has 1 saturated heterocycles. The van der Waals surface area contributed by atoms with Crippen LogP contribution in [0.5, 0.6) is 0 Å². The van der Waals surface area contributed by atoms with Crippen LogP contribution in [0.1, 0.15) is 36.7 Å². The number of carbonyl (C=O) groups excluding carboxylic acids is 2. The van der Waals surface area contributed by atoms with Crippen molar-refractivity contribution in [2.75, 3.05) is 26.3 Å². The summed E-state index contributed by atoms with van der Waals surface area (Å²) in [6.45, 7) is 9.51. The van der Waals surface area contributed by atoms with E-state index < -0.39 is 12.1 Å². The monoisotopic (exact) mass is 334 g/mol. The number of nitrogens with zero attached hydrogens (tertiary/aromatic N) is 1. The quantitative estimate of drug-likeness (QED) is 0.800. The fourth-order valence-electron chi connectivity index (χ4n) is 2.45. The molecule has 0 spiro atoms. The summed E-state index contributed by atoms with van der Waals surface area (Å²) >= 11 is 0. The highest BCUT2D eigenvalue weighted by Gasteiger charge is 2.19. The van der Waals surface area contributed by atoms with Crippen LogP contribution in [0, 0.1) is 0 Å². The Morgan fingerprint density at radius 3 is 2.38 bits per heavy atom. The number of carbonyl (C=O) groups is 2. The molecule has 1 atom stereocenters. The first-order valence-electron chi connectivity index (χ1n) is 8.36. The number of nitrogens with one attached hydrogen (secondary N) is 1. The zero-order valence-electron chi connectivity index (χ0n) is 14.6. The maximum atomic E-state index is 12.1. The lowest BCUT2D eigenvalue weighted by molar-refractivity contribution is -0.129. The molecule has 132 valence electrons. The van der Waals surface area contributed by atoms with Crippen molar-refractivity contribution in [1.82, 2.24) is 10.2 Å². The van der Waals surface area contributed by atoms with Crippen molar-refractivity contribution in [2.45, 2.75) is 39.5 Å². The molecular weight excluding hydrogens is 308 g/mol. The van der Waals surface area contributed by atoms with Crippen LogP contribution in [0.2, 0.25) is 0 Å². The van der Waals surface area contributed by atoms with Gasteiger partial charge in [0.15, 0.2) is 6.10 Å². The molecule has 1 amide bonds. The van der Waals surface area contributed by atoms with Gasteiger partial charge in [0.1, 0.15) is 0 Å². The van der Waals surface area contributed by atoms with Gasteiger partial charge < -0.3 is 14.8 Å². The summed E-state index contributed by atoms with van der Waals surface area (Å²) in [7, 11) is 0. The van der Waals surface area contributed by atoms with Crippen LogP contribution in [0.4, 0.5) is 0 Å². The zero-order valence-corrected chi connectivity index (χ0v) is 14.6. The van der Waals surface area contributed by atoms with Crippen molar-refractivity contribution in [3.8, 4) is 0 Å². The highest BCUT2D eigenvalue weighted by Crippen LogP contribution is 2.11. The zero-order chi connectivity index (χ0) is 17.5. The van der Waals surface area contributed by atoms with E-state index in [1.165, 1.54) is 0 Å².